The van der Waals surface area contributed by atoms with Crippen LogP contribution in [-0.2, 0) is 9.84 Å². The standard InChI is InChI=1S/C15H19NO4S/c1-2-19-13-5-3-4-6-14(13)20-9-7-15(11-16)8-10-21(17,18)12-15/h3-6H,2,7-10,12H2,1H3. The van der Waals surface area contributed by atoms with Gasteiger partial charge in [-0.25, -0.2) is 8.42 Å². The lowest BCUT2D eigenvalue weighted by Crippen LogP contribution is -2.23. The molecule has 0 spiro atoms. The van der Waals surface area contributed by atoms with Gasteiger partial charge in [0.2, 0.25) is 0 Å². The molecule has 0 radical (unpaired) electrons. The molecule has 0 N–H and O–H groups in total. The van der Waals surface area contributed by atoms with E-state index in [4.69, 9.17) is 9.47 Å². The van der Waals surface area contributed by atoms with Crippen LogP contribution in [0.25, 0.3) is 0 Å². The third-order valence-electron chi connectivity index (χ3n) is 3.61. The van der Waals surface area contributed by atoms with E-state index in [2.05, 4.69) is 6.07 Å². The van der Waals surface area contributed by atoms with E-state index in [-0.39, 0.29) is 11.5 Å². The second kappa shape index (κ2) is 6.35. The minimum absolute atomic E-state index is 0.0625. The molecule has 1 saturated heterocycles. The summed E-state index contributed by atoms with van der Waals surface area (Å²) in [4.78, 5) is 0. The number of ether oxygens (including phenoxy) is 2. The zero-order valence-electron chi connectivity index (χ0n) is 12.0. The number of nitriles is 1. The third-order valence-corrected chi connectivity index (χ3v) is 5.43. The summed E-state index contributed by atoms with van der Waals surface area (Å²) in [5, 5.41) is 9.29. The lowest BCUT2D eigenvalue weighted by Gasteiger charge is -2.19. The Morgan fingerprint density at radius 2 is 1.95 bits per heavy atom. The molecule has 21 heavy (non-hydrogen) atoms. The summed E-state index contributed by atoms with van der Waals surface area (Å²) < 4.78 is 34.3. The highest BCUT2D eigenvalue weighted by molar-refractivity contribution is 7.91. The van der Waals surface area contributed by atoms with Gasteiger partial charge < -0.3 is 9.47 Å². The molecule has 1 heterocycles. The summed E-state index contributed by atoms with van der Waals surface area (Å²) >= 11 is 0. The van der Waals surface area contributed by atoms with Gasteiger partial charge in [0.25, 0.3) is 0 Å². The Bertz CT molecular complexity index is 635. The molecule has 0 aliphatic carbocycles. The van der Waals surface area contributed by atoms with Crippen molar-refractivity contribution in [2.24, 2.45) is 5.41 Å². The van der Waals surface area contributed by atoms with Gasteiger partial charge in [0.1, 0.15) is 0 Å². The first-order valence-corrected chi connectivity index (χ1v) is 8.79. The molecule has 0 aromatic heterocycles. The molecule has 1 aliphatic heterocycles. The lowest BCUT2D eigenvalue weighted by atomic mass is 9.86. The number of sulfone groups is 1. The average molecular weight is 309 g/mol. The highest BCUT2D eigenvalue weighted by Gasteiger charge is 2.42. The van der Waals surface area contributed by atoms with Crippen LogP contribution in [0.15, 0.2) is 24.3 Å². The summed E-state index contributed by atoms with van der Waals surface area (Å²) in [6, 6.07) is 9.49. The van der Waals surface area contributed by atoms with Gasteiger partial charge in [-0.05, 0) is 25.5 Å². The van der Waals surface area contributed by atoms with Gasteiger partial charge in [-0.15, -0.1) is 0 Å². The molecular weight excluding hydrogens is 290 g/mol. The summed E-state index contributed by atoms with van der Waals surface area (Å²) in [5.41, 5.74) is -0.806. The van der Waals surface area contributed by atoms with Crippen LogP contribution in [0.2, 0.25) is 0 Å². The zero-order chi connectivity index (χ0) is 15.3. The average Bonchev–Trinajstić information content (AvgIpc) is 2.77. The van der Waals surface area contributed by atoms with E-state index in [9.17, 15) is 13.7 Å². The van der Waals surface area contributed by atoms with Crippen LogP contribution < -0.4 is 9.47 Å². The fourth-order valence-electron chi connectivity index (χ4n) is 2.46. The van der Waals surface area contributed by atoms with Crippen LogP contribution in [0.4, 0.5) is 0 Å². The predicted octanol–water partition coefficient (Wildman–Crippen LogP) is 2.18. The first-order chi connectivity index (χ1) is 10.0. The Morgan fingerprint density at radius 3 is 2.48 bits per heavy atom. The summed E-state index contributed by atoms with van der Waals surface area (Å²) in [7, 11) is -3.08. The molecule has 5 nitrogen and oxygen atoms in total. The minimum atomic E-state index is -3.08. The lowest BCUT2D eigenvalue weighted by molar-refractivity contribution is 0.240. The van der Waals surface area contributed by atoms with Gasteiger partial charge in [-0.3, -0.25) is 0 Å². The quantitative estimate of drug-likeness (QED) is 0.805. The molecule has 0 saturated carbocycles. The number of nitrogens with zero attached hydrogens (tertiary/aromatic N) is 1. The smallest absolute Gasteiger partial charge is 0.161 e. The van der Waals surface area contributed by atoms with E-state index in [1.54, 1.807) is 6.07 Å². The third kappa shape index (κ3) is 3.88. The van der Waals surface area contributed by atoms with Crippen molar-refractivity contribution >= 4 is 9.84 Å². The molecule has 1 unspecified atom stereocenters. The maximum Gasteiger partial charge on any atom is 0.161 e. The largest absolute Gasteiger partial charge is 0.490 e. The van der Waals surface area contributed by atoms with Crippen LogP contribution >= 0.6 is 0 Å². The highest BCUT2D eigenvalue weighted by Crippen LogP contribution is 2.35. The first kappa shape index (κ1) is 15.6. The van der Waals surface area contributed by atoms with Crippen molar-refractivity contribution in [1.29, 1.82) is 5.26 Å². The van der Waals surface area contributed by atoms with E-state index in [0.717, 1.165) is 0 Å². The van der Waals surface area contributed by atoms with Gasteiger partial charge >= 0.3 is 0 Å². The number of hydrogen-bond acceptors (Lipinski definition) is 5. The van der Waals surface area contributed by atoms with E-state index >= 15 is 0 Å². The van der Waals surface area contributed by atoms with E-state index in [0.29, 0.717) is 37.6 Å². The molecule has 1 fully saturated rings. The van der Waals surface area contributed by atoms with Crippen molar-refractivity contribution in [1.82, 2.24) is 0 Å². The van der Waals surface area contributed by atoms with Crippen molar-refractivity contribution in [3.05, 3.63) is 24.3 Å². The van der Waals surface area contributed by atoms with E-state index in [1.807, 2.05) is 25.1 Å². The van der Waals surface area contributed by atoms with Crippen molar-refractivity contribution in [2.45, 2.75) is 19.8 Å². The molecule has 0 amide bonds. The van der Waals surface area contributed by atoms with Gasteiger partial charge in [0.05, 0.1) is 36.2 Å². The molecule has 114 valence electrons. The van der Waals surface area contributed by atoms with Crippen molar-refractivity contribution < 1.29 is 17.9 Å². The van der Waals surface area contributed by atoms with E-state index in [1.165, 1.54) is 0 Å². The maximum atomic E-state index is 11.6. The second-order valence-electron chi connectivity index (χ2n) is 5.21. The Morgan fingerprint density at radius 1 is 1.29 bits per heavy atom. The number of para-hydroxylation sites is 2. The number of rotatable bonds is 6. The first-order valence-electron chi connectivity index (χ1n) is 6.97. The fraction of sp³-hybridized carbons (Fsp3) is 0.533. The van der Waals surface area contributed by atoms with Crippen LogP contribution in [0, 0.1) is 16.7 Å². The Labute approximate surface area is 125 Å². The van der Waals surface area contributed by atoms with Crippen LogP contribution in [0.5, 0.6) is 11.5 Å². The Hall–Kier alpha value is -1.74. The van der Waals surface area contributed by atoms with Crippen LogP contribution in [0.1, 0.15) is 19.8 Å². The fourth-order valence-corrected chi connectivity index (χ4v) is 4.50. The van der Waals surface area contributed by atoms with E-state index < -0.39 is 15.3 Å². The molecule has 1 aromatic carbocycles. The predicted molar refractivity (Wildman–Crippen MR) is 79.0 cm³/mol. The molecule has 0 bridgehead atoms. The summed E-state index contributed by atoms with van der Waals surface area (Å²) in [6.45, 7) is 2.73. The Balaban J connectivity index is 1.97. The van der Waals surface area contributed by atoms with Crippen molar-refractivity contribution in [3.8, 4) is 17.6 Å². The van der Waals surface area contributed by atoms with Crippen LogP contribution in [-0.4, -0.2) is 33.1 Å². The monoisotopic (exact) mass is 309 g/mol. The molecular formula is C15H19NO4S. The van der Waals surface area contributed by atoms with Gasteiger partial charge in [-0.1, -0.05) is 12.1 Å². The van der Waals surface area contributed by atoms with Gasteiger partial charge in [0, 0.05) is 6.42 Å². The maximum absolute atomic E-state index is 11.6. The molecule has 6 heteroatoms. The second-order valence-corrected chi connectivity index (χ2v) is 7.40. The zero-order valence-corrected chi connectivity index (χ0v) is 12.9. The summed E-state index contributed by atoms with van der Waals surface area (Å²) in [5.74, 6) is 1.31. The summed E-state index contributed by atoms with van der Waals surface area (Å²) in [6.07, 6.45) is 0.797. The van der Waals surface area contributed by atoms with Crippen molar-refractivity contribution in [3.63, 3.8) is 0 Å². The number of benzene rings is 1. The topological polar surface area (TPSA) is 76.4 Å². The van der Waals surface area contributed by atoms with Gasteiger partial charge in [-0.2, -0.15) is 5.26 Å². The Kier molecular flexibility index (Phi) is 4.73. The SMILES string of the molecule is CCOc1ccccc1OCCC1(C#N)CCS(=O)(=O)C1. The molecule has 1 aliphatic rings. The minimum Gasteiger partial charge on any atom is -0.490 e. The molecule has 1 atom stereocenters. The van der Waals surface area contributed by atoms with Gasteiger partial charge in [0.15, 0.2) is 21.3 Å². The molecule has 1 aromatic rings. The van der Waals surface area contributed by atoms with Crippen molar-refractivity contribution in [2.75, 3.05) is 24.7 Å². The molecule has 2 rings (SSSR count). The normalized spacial score (nSPS) is 23.4. The highest BCUT2D eigenvalue weighted by atomic mass is 32.2. The van der Waals surface area contributed by atoms with Crippen LogP contribution in [0.3, 0.4) is 0 Å². The number of hydrogen-bond donors (Lipinski definition) is 0.